The highest BCUT2D eigenvalue weighted by Crippen LogP contribution is 2.45. The van der Waals surface area contributed by atoms with E-state index in [1.54, 1.807) is 0 Å². The Hall–Kier alpha value is -1.61. The Bertz CT molecular complexity index is 664. The van der Waals surface area contributed by atoms with Crippen LogP contribution in [0, 0.1) is 5.92 Å². The summed E-state index contributed by atoms with van der Waals surface area (Å²) in [6, 6.07) is 10.5. The van der Waals surface area contributed by atoms with Gasteiger partial charge in [-0.15, -0.1) is 0 Å². The van der Waals surface area contributed by atoms with Gasteiger partial charge in [0.2, 0.25) is 0 Å². The molecule has 0 saturated heterocycles. The second-order valence-corrected chi connectivity index (χ2v) is 6.94. The van der Waals surface area contributed by atoms with E-state index >= 15 is 0 Å². The van der Waals surface area contributed by atoms with Gasteiger partial charge in [-0.3, -0.25) is 4.98 Å². The zero-order valence-corrected chi connectivity index (χ0v) is 13.0. The SMILES string of the molecule is O[C@]12CCCC[C@@H]1CCCC2Nc1cccc2cccnc12. The van der Waals surface area contributed by atoms with E-state index in [1.807, 2.05) is 12.3 Å². The lowest BCUT2D eigenvalue weighted by Crippen LogP contribution is -2.56. The predicted molar refractivity (Wildman–Crippen MR) is 89.9 cm³/mol. The molecule has 3 nitrogen and oxygen atoms in total. The fourth-order valence-electron chi connectivity index (χ4n) is 4.53. The number of rotatable bonds is 2. The van der Waals surface area contributed by atoms with Crippen molar-refractivity contribution in [1.82, 2.24) is 4.98 Å². The second kappa shape index (κ2) is 5.54. The van der Waals surface area contributed by atoms with Gasteiger partial charge in [-0.1, -0.05) is 37.5 Å². The minimum Gasteiger partial charge on any atom is -0.387 e. The first-order valence-electron chi connectivity index (χ1n) is 8.60. The summed E-state index contributed by atoms with van der Waals surface area (Å²) in [6.45, 7) is 0. The quantitative estimate of drug-likeness (QED) is 0.876. The van der Waals surface area contributed by atoms with Crippen molar-refractivity contribution < 1.29 is 5.11 Å². The van der Waals surface area contributed by atoms with Gasteiger partial charge >= 0.3 is 0 Å². The van der Waals surface area contributed by atoms with E-state index in [4.69, 9.17) is 0 Å². The number of aliphatic hydroxyl groups is 1. The molecule has 2 aliphatic rings. The summed E-state index contributed by atoms with van der Waals surface area (Å²) in [6.07, 6.45) is 9.83. The Kier molecular flexibility index (Phi) is 3.53. The zero-order chi connectivity index (χ0) is 15.0. The maximum atomic E-state index is 11.3. The lowest BCUT2D eigenvalue weighted by atomic mass is 9.65. The largest absolute Gasteiger partial charge is 0.387 e. The van der Waals surface area contributed by atoms with E-state index in [9.17, 15) is 5.11 Å². The fraction of sp³-hybridized carbons (Fsp3) is 0.526. The lowest BCUT2D eigenvalue weighted by Gasteiger charge is -2.49. The van der Waals surface area contributed by atoms with Gasteiger partial charge in [-0.05, 0) is 43.7 Å². The van der Waals surface area contributed by atoms with E-state index in [1.165, 1.54) is 25.7 Å². The van der Waals surface area contributed by atoms with Crippen molar-refractivity contribution >= 4 is 16.6 Å². The number of para-hydroxylation sites is 1. The number of aromatic nitrogens is 1. The molecule has 0 radical (unpaired) electrons. The molecule has 2 saturated carbocycles. The number of benzene rings is 1. The molecule has 0 amide bonds. The van der Waals surface area contributed by atoms with Gasteiger partial charge in [0.25, 0.3) is 0 Å². The first-order valence-corrected chi connectivity index (χ1v) is 8.60. The van der Waals surface area contributed by atoms with Crippen molar-refractivity contribution in [3.05, 3.63) is 36.5 Å². The van der Waals surface area contributed by atoms with Crippen molar-refractivity contribution in [1.29, 1.82) is 0 Å². The molecular weight excluding hydrogens is 272 g/mol. The zero-order valence-electron chi connectivity index (χ0n) is 13.0. The first kappa shape index (κ1) is 14.0. The van der Waals surface area contributed by atoms with Gasteiger partial charge in [0, 0.05) is 11.6 Å². The summed E-state index contributed by atoms with van der Waals surface area (Å²) in [5, 5.41) is 16.1. The monoisotopic (exact) mass is 296 g/mol. The molecule has 1 heterocycles. The topological polar surface area (TPSA) is 45.1 Å². The molecule has 0 bridgehead atoms. The Balaban J connectivity index is 1.66. The van der Waals surface area contributed by atoms with E-state index in [2.05, 4.69) is 34.6 Å². The van der Waals surface area contributed by atoms with Crippen LogP contribution in [0.3, 0.4) is 0 Å². The number of anilines is 1. The minimum absolute atomic E-state index is 0.152. The van der Waals surface area contributed by atoms with Crippen LogP contribution in [0.5, 0.6) is 0 Å². The van der Waals surface area contributed by atoms with Crippen LogP contribution >= 0.6 is 0 Å². The van der Waals surface area contributed by atoms with Crippen LogP contribution in [0.25, 0.3) is 10.9 Å². The van der Waals surface area contributed by atoms with Gasteiger partial charge in [-0.2, -0.15) is 0 Å². The standard InChI is InChI=1S/C19H24N2O/c22-19-12-2-1-8-15(19)9-4-11-17(19)21-16-10-3-6-14-7-5-13-20-18(14)16/h3,5-7,10,13,15,17,21-22H,1-2,4,8-9,11-12H2/t15-,17?,19-/m1/s1. The molecule has 4 rings (SSSR count). The van der Waals surface area contributed by atoms with Crippen LogP contribution in [0.2, 0.25) is 0 Å². The highest BCUT2D eigenvalue weighted by Gasteiger charge is 2.47. The Morgan fingerprint density at radius 1 is 1.05 bits per heavy atom. The molecular formula is C19H24N2O. The second-order valence-electron chi connectivity index (χ2n) is 6.94. The molecule has 2 aromatic rings. The summed E-state index contributed by atoms with van der Waals surface area (Å²) in [5.41, 5.74) is 1.53. The molecule has 3 atom stereocenters. The third-order valence-electron chi connectivity index (χ3n) is 5.70. The maximum Gasteiger partial charge on any atom is 0.0933 e. The third-order valence-corrected chi connectivity index (χ3v) is 5.70. The molecule has 2 aliphatic carbocycles. The van der Waals surface area contributed by atoms with Crippen LogP contribution in [0.4, 0.5) is 5.69 Å². The van der Waals surface area contributed by atoms with Gasteiger partial charge in [-0.25, -0.2) is 0 Å². The van der Waals surface area contributed by atoms with Crippen LogP contribution in [0.15, 0.2) is 36.5 Å². The van der Waals surface area contributed by atoms with Crippen LogP contribution in [-0.4, -0.2) is 21.7 Å². The Morgan fingerprint density at radius 2 is 1.91 bits per heavy atom. The van der Waals surface area contributed by atoms with Crippen LogP contribution in [0.1, 0.15) is 44.9 Å². The molecule has 22 heavy (non-hydrogen) atoms. The minimum atomic E-state index is -0.534. The summed E-state index contributed by atoms with van der Waals surface area (Å²) >= 11 is 0. The average molecular weight is 296 g/mol. The molecule has 1 aromatic heterocycles. The van der Waals surface area contributed by atoms with Crippen molar-refractivity contribution in [2.24, 2.45) is 5.92 Å². The number of pyridine rings is 1. The van der Waals surface area contributed by atoms with Gasteiger partial charge < -0.3 is 10.4 Å². The number of nitrogens with zero attached hydrogens (tertiary/aromatic N) is 1. The van der Waals surface area contributed by atoms with E-state index in [-0.39, 0.29) is 6.04 Å². The van der Waals surface area contributed by atoms with Crippen molar-refractivity contribution in [2.75, 3.05) is 5.32 Å². The number of hydrogen-bond acceptors (Lipinski definition) is 3. The molecule has 1 aromatic carbocycles. The Labute approximate surface area is 131 Å². The van der Waals surface area contributed by atoms with Crippen LogP contribution < -0.4 is 5.32 Å². The summed E-state index contributed by atoms with van der Waals surface area (Å²) < 4.78 is 0. The predicted octanol–water partition coefficient (Wildman–Crippen LogP) is 4.12. The Morgan fingerprint density at radius 3 is 2.86 bits per heavy atom. The smallest absolute Gasteiger partial charge is 0.0933 e. The molecule has 0 spiro atoms. The lowest BCUT2D eigenvalue weighted by molar-refractivity contribution is -0.0835. The van der Waals surface area contributed by atoms with Crippen molar-refractivity contribution in [3.8, 4) is 0 Å². The first-order chi connectivity index (χ1) is 10.8. The highest BCUT2D eigenvalue weighted by atomic mass is 16.3. The number of nitrogens with one attached hydrogen (secondary N) is 1. The molecule has 2 fully saturated rings. The molecule has 1 unspecified atom stereocenters. The number of fused-ring (bicyclic) bond motifs is 2. The summed E-state index contributed by atoms with van der Waals surface area (Å²) in [5.74, 6) is 0.468. The van der Waals surface area contributed by atoms with Gasteiger partial charge in [0.05, 0.1) is 22.8 Å². The molecule has 0 aliphatic heterocycles. The molecule has 3 heteroatoms. The van der Waals surface area contributed by atoms with Gasteiger partial charge in [0.15, 0.2) is 0 Å². The molecule has 2 N–H and O–H groups in total. The van der Waals surface area contributed by atoms with E-state index < -0.39 is 5.60 Å². The third kappa shape index (κ3) is 2.28. The fourth-order valence-corrected chi connectivity index (χ4v) is 4.53. The number of hydrogen-bond donors (Lipinski definition) is 2. The van der Waals surface area contributed by atoms with Crippen molar-refractivity contribution in [2.45, 2.75) is 56.6 Å². The highest BCUT2D eigenvalue weighted by molar-refractivity contribution is 5.90. The maximum absolute atomic E-state index is 11.3. The summed E-state index contributed by atoms with van der Waals surface area (Å²) in [7, 11) is 0. The molecule has 116 valence electrons. The van der Waals surface area contributed by atoms with Crippen molar-refractivity contribution in [3.63, 3.8) is 0 Å². The van der Waals surface area contributed by atoms with E-state index in [0.717, 1.165) is 35.9 Å². The average Bonchev–Trinajstić information content (AvgIpc) is 2.56. The normalized spacial score (nSPS) is 31.7. The van der Waals surface area contributed by atoms with E-state index in [0.29, 0.717) is 5.92 Å². The van der Waals surface area contributed by atoms with Crippen LogP contribution in [-0.2, 0) is 0 Å². The summed E-state index contributed by atoms with van der Waals surface area (Å²) in [4.78, 5) is 4.53. The van der Waals surface area contributed by atoms with Gasteiger partial charge in [0.1, 0.15) is 0 Å².